The van der Waals surface area contributed by atoms with Gasteiger partial charge >= 0.3 is 0 Å². The van der Waals surface area contributed by atoms with Crippen LogP contribution in [-0.2, 0) is 13.5 Å². The summed E-state index contributed by atoms with van der Waals surface area (Å²) in [6.07, 6.45) is 7.57. The molecule has 0 aromatic carbocycles. The third kappa shape index (κ3) is 2.62. The highest BCUT2D eigenvalue weighted by Crippen LogP contribution is 2.30. The minimum Gasteiger partial charge on any atom is -0.394 e. The lowest BCUT2D eigenvalue weighted by molar-refractivity contribution is 0.540. The minimum absolute atomic E-state index is 0.832. The van der Waals surface area contributed by atoms with E-state index < -0.39 is 0 Å². The fraction of sp³-hybridized carbons (Fsp3) is 0.786. The average Bonchev–Trinajstić information content (AvgIpc) is 2.89. The second-order valence-electron chi connectivity index (χ2n) is 5.59. The van der Waals surface area contributed by atoms with Crippen molar-refractivity contribution in [2.24, 2.45) is 13.0 Å². The van der Waals surface area contributed by atoms with Crippen LogP contribution in [0.3, 0.4) is 0 Å². The quantitative estimate of drug-likeness (QED) is 0.873. The normalized spacial score (nSPS) is 16.4. The van der Waals surface area contributed by atoms with Crippen molar-refractivity contribution in [2.45, 2.75) is 45.4 Å². The van der Waals surface area contributed by atoms with Gasteiger partial charge in [-0.2, -0.15) is 5.10 Å². The molecule has 102 valence electrons. The zero-order valence-electron chi connectivity index (χ0n) is 11.9. The number of anilines is 2. The number of hydrogen-bond acceptors (Lipinski definition) is 3. The highest BCUT2D eigenvalue weighted by molar-refractivity contribution is 5.66. The molecule has 0 atom stereocenters. The van der Waals surface area contributed by atoms with E-state index in [1.165, 1.54) is 25.7 Å². The van der Waals surface area contributed by atoms with Crippen LogP contribution in [0.15, 0.2) is 0 Å². The van der Waals surface area contributed by atoms with Gasteiger partial charge in [0.1, 0.15) is 5.82 Å². The van der Waals surface area contributed by atoms with Gasteiger partial charge in [0.2, 0.25) is 0 Å². The highest BCUT2D eigenvalue weighted by Gasteiger charge is 2.21. The van der Waals surface area contributed by atoms with Gasteiger partial charge in [-0.3, -0.25) is 4.68 Å². The molecule has 0 radical (unpaired) electrons. The molecule has 1 heterocycles. The summed E-state index contributed by atoms with van der Waals surface area (Å²) in [5.74, 6) is 1.92. The Hall–Kier alpha value is -1.19. The largest absolute Gasteiger partial charge is 0.394 e. The van der Waals surface area contributed by atoms with Crippen molar-refractivity contribution >= 4 is 11.5 Å². The van der Waals surface area contributed by atoms with E-state index in [0.717, 1.165) is 42.5 Å². The number of rotatable bonds is 5. The van der Waals surface area contributed by atoms with Gasteiger partial charge in [0.05, 0.1) is 11.4 Å². The molecule has 1 aromatic heterocycles. The van der Waals surface area contributed by atoms with Crippen LogP contribution in [0.25, 0.3) is 0 Å². The Morgan fingerprint density at radius 1 is 1.39 bits per heavy atom. The summed E-state index contributed by atoms with van der Waals surface area (Å²) in [5.41, 5.74) is 8.16. The van der Waals surface area contributed by atoms with Crippen LogP contribution in [-0.4, -0.2) is 23.4 Å². The summed E-state index contributed by atoms with van der Waals surface area (Å²) < 4.78 is 1.94. The number of aromatic nitrogens is 2. The van der Waals surface area contributed by atoms with E-state index in [0.29, 0.717) is 0 Å². The van der Waals surface area contributed by atoms with E-state index >= 15 is 0 Å². The SMILES string of the molecule is CCCc1nn(C)c(N(C)CC2CCCC2)c1N. The van der Waals surface area contributed by atoms with E-state index in [2.05, 4.69) is 24.0 Å². The Kier molecular flexibility index (Phi) is 4.15. The Morgan fingerprint density at radius 2 is 2.06 bits per heavy atom. The topological polar surface area (TPSA) is 47.1 Å². The second-order valence-corrected chi connectivity index (χ2v) is 5.59. The fourth-order valence-electron chi connectivity index (χ4n) is 3.13. The van der Waals surface area contributed by atoms with Crippen LogP contribution in [0.2, 0.25) is 0 Å². The lowest BCUT2D eigenvalue weighted by Gasteiger charge is -2.23. The predicted molar refractivity (Wildman–Crippen MR) is 76.8 cm³/mol. The van der Waals surface area contributed by atoms with Crippen LogP contribution in [0, 0.1) is 5.92 Å². The van der Waals surface area contributed by atoms with E-state index in [-0.39, 0.29) is 0 Å². The van der Waals surface area contributed by atoms with E-state index in [4.69, 9.17) is 5.73 Å². The van der Waals surface area contributed by atoms with Gasteiger partial charge in [0.25, 0.3) is 0 Å². The van der Waals surface area contributed by atoms with Gasteiger partial charge < -0.3 is 10.6 Å². The van der Waals surface area contributed by atoms with E-state index in [1.54, 1.807) is 0 Å². The first kappa shape index (κ1) is 13.2. The second kappa shape index (κ2) is 5.63. The standard InChI is InChI=1S/C14H26N4/c1-4-7-12-13(15)14(18(3)16-12)17(2)10-11-8-5-6-9-11/h11H,4-10,15H2,1-3H3. The molecule has 4 nitrogen and oxygen atoms in total. The Bertz CT molecular complexity index is 391. The molecule has 0 aliphatic heterocycles. The molecular weight excluding hydrogens is 224 g/mol. The monoisotopic (exact) mass is 250 g/mol. The molecule has 2 rings (SSSR count). The van der Waals surface area contributed by atoms with Crippen molar-refractivity contribution in [2.75, 3.05) is 24.2 Å². The maximum absolute atomic E-state index is 6.24. The summed E-state index contributed by atoms with van der Waals surface area (Å²) in [6, 6.07) is 0. The van der Waals surface area contributed by atoms with Crippen LogP contribution < -0.4 is 10.6 Å². The molecule has 0 unspecified atom stereocenters. The maximum atomic E-state index is 6.24. The number of nitrogen functional groups attached to an aromatic ring is 1. The Labute approximate surface area is 110 Å². The van der Waals surface area contributed by atoms with Crippen LogP contribution in [0.5, 0.6) is 0 Å². The number of aryl methyl sites for hydroxylation is 2. The number of hydrogen-bond donors (Lipinski definition) is 1. The molecule has 2 N–H and O–H groups in total. The zero-order valence-corrected chi connectivity index (χ0v) is 11.9. The third-order valence-electron chi connectivity index (χ3n) is 3.98. The average molecular weight is 250 g/mol. The molecule has 1 saturated carbocycles. The Morgan fingerprint density at radius 3 is 2.67 bits per heavy atom. The van der Waals surface area contributed by atoms with Crippen molar-refractivity contribution < 1.29 is 0 Å². The molecule has 0 spiro atoms. The first-order chi connectivity index (χ1) is 8.63. The first-order valence-corrected chi connectivity index (χ1v) is 7.16. The molecule has 0 bridgehead atoms. The molecule has 0 saturated heterocycles. The summed E-state index contributed by atoms with van der Waals surface area (Å²) >= 11 is 0. The smallest absolute Gasteiger partial charge is 0.150 e. The Balaban J connectivity index is 2.10. The molecule has 1 aliphatic carbocycles. The van der Waals surface area contributed by atoms with Crippen molar-refractivity contribution in [3.63, 3.8) is 0 Å². The van der Waals surface area contributed by atoms with Gasteiger partial charge in [-0.25, -0.2) is 0 Å². The summed E-state index contributed by atoms with van der Waals surface area (Å²) in [6.45, 7) is 3.27. The van der Waals surface area contributed by atoms with Crippen molar-refractivity contribution in [3.05, 3.63) is 5.69 Å². The van der Waals surface area contributed by atoms with Crippen molar-refractivity contribution in [1.82, 2.24) is 9.78 Å². The summed E-state index contributed by atoms with van der Waals surface area (Å²) in [7, 11) is 4.14. The van der Waals surface area contributed by atoms with E-state index in [1.807, 2.05) is 11.7 Å². The summed E-state index contributed by atoms with van der Waals surface area (Å²) in [5, 5.41) is 4.55. The molecule has 1 aromatic rings. The zero-order chi connectivity index (χ0) is 13.1. The molecule has 18 heavy (non-hydrogen) atoms. The lowest BCUT2D eigenvalue weighted by Crippen LogP contribution is -2.26. The maximum Gasteiger partial charge on any atom is 0.150 e. The first-order valence-electron chi connectivity index (χ1n) is 7.16. The van der Waals surface area contributed by atoms with E-state index in [9.17, 15) is 0 Å². The predicted octanol–water partition coefficient (Wildman–Crippen LogP) is 2.58. The minimum atomic E-state index is 0.832. The van der Waals surface area contributed by atoms with Gasteiger partial charge in [0.15, 0.2) is 0 Å². The van der Waals surface area contributed by atoms with Crippen LogP contribution >= 0.6 is 0 Å². The number of nitrogens with zero attached hydrogens (tertiary/aromatic N) is 3. The highest BCUT2D eigenvalue weighted by atomic mass is 15.4. The van der Waals surface area contributed by atoms with Crippen LogP contribution in [0.4, 0.5) is 11.5 Å². The van der Waals surface area contributed by atoms with Gasteiger partial charge in [0, 0.05) is 20.6 Å². The molecule has 0 amide bonds. The molecular formula is C14H26N4. The van der Waals surface area contributed by atoms with Crippen molar-refractivity contribution in [1.29, 1.82) is 0 Å². The molecule has 1 fully saturated rings. The molecule has 4 heteroatoms. The van der Waals surface area contributed by atoms with Gasteiger partial charge in [-0.1, -0.05) is 26.2 Å². The molecule has 1 aliphatic rings. The third-order valence-corrected chi connectivity index (χ3v) is 3.98. The number of nitrogens with two attached hydrogens (primary N) is 1. The fourth-order valence-corrected chi connectivity index (χ4v) is 3.13. The van der Waals surface area contributed by atoms with Gasteiger partial charge in [-0.05, 0) is 25.2 Å². The summed E-state index contributed by atoms with van der Waals surface area (Å²) in [4.78, 5) is 2.29. The van der Waals surface area contributed by atoms with Gasteiger partial charge in [-0.15, -0.1) is 0 Å². The lowest BCUT2D eigenvalue weighted by atomic mass is 10.1. The van der Waals surface area contributed by atoms with Crippen molar-refractivity contribution in [3.8, 4) is 0 Å². The van der Waals surface area contributed by atoms with Crippen LogP contribution in [0.1, 0.15) is 44.7 Å².